The number of ether oxygens (including phenoxy) is 2. The molecule has 2 N–H and O–H groups in total. The van der Waals surface area contributed by atoms with E-state index < -0.39 is 17.8 Å². The Labute approximate surface area is 210 Å². The highest BCUT2D eigenvalue weighted by atomic mass is 35.5. The van der Waals surface area contributed by atoms with Crippen LogP contribution in [0.15, 0.2) is 53.6 Å². The lowest BCUT2D eigenvalue weighted by molar-refractivity contribution is -0.136. The van der Waals surface area contributed by atoms with E-state index in [9.17, 15) is 14.4 Å². The van der Waals surface area contributed by atoms with E-state index in [1.165, 1.54) is 24.7 Å². The molecule has 2 aromatic carbocycles. The summed E-state index contributed by atoms with van der Waals surface area (Å²) in [6.07, 6.45) is 3.93. The minimum atomic E-state index is -0.953. The number of hydrogen-bond donors (Lipinski definition) is 2. The number of carbonyl (C=O) groups is 3. The van der Waals surface area contributed by atoms with Crippen molar-refractivity contribution in [2.24, 2.45) is 5.10 Å². The zero-order chi connectivity index (χ0) is 24.8. The molecule has 180 valence electrons. The first-order valence-electron chi connectivity index (χ1n) is 10.8. The SMILES string of the molecule is COC(=O)c1c(NC(=O)C(=O)N/N=C/c2ccc(OCc3ccccc3Cl)cc2)sc2c1CCC2. The summed E-state index contributed by atoms with van der Waals surface area (Å²) < 4.78 is 10.6. The lowest BCUT2D eigenvalue weighted by atomic mass is 10.1. The number of rotatable bonds is 7. The summed E-state index contributed by atoms with van der Waals surface area (Å²) in [5.41, 5.74) is 4.98. The quantitative estimate of drug-likeness (QED) is 0.212. The molecule has 1 aliphatic rings. The summed E-state index contributed by atoms with van der Waals surface area (Å²) in [7, 11) is 1.28. The Bertz CT molecular complexity index is 1290. The number of thiophene rings is 1. The fraction of sp³-hybridized carbons (Fsp3) is 0.200. The van der Waals surface area contributed by atoms with Crippen molar-refractivity contribution in [3.63, 3.8) is 0 Å². The molecule has 0 bridgehead atoms. The molecule has 0 unspecified atom stereocenters. The van der Waals surface area contributed by atoms with Gasteiger partial charge < -0.3 is 14.8 Å². The molecule has 4 rings (SSSR count). The first-order chi connectivity index (χ1) is 17.0. The fourth-order valence-electron chi connectivity index (χ4n) is 3.61. The number of nitrogens with zero attached hydrogens (tertiary/aromatic N) is 1. The number of anilines is 1. The van der Waals surface area contributed by atoms with E-state index in [0.29, 0.717) is 33.5 Å². The van der Waals surface area contributed by atoms with Gasteiger partial charge in [-0.15, -0.1) is 11.3 Å². The first kappa shape index (κ1) is 24.4. The van der Waals surface area contributed by atoms with E-state index in [2.05, 4.69) is 15.8 Å². The molecular weight excluding hydrogens is 490 g/mol. The standard InChI is InChI=1S/C25H22ClN3O5S/c1-33-25(32)21-18-6-4-8-20(18)35-24(21)28-22(30)23(31)29-27-13-15-9-11-17(12-10-15)34-14-16-5-2-3-7-19(16)26/h2-3,5,7,9-13H,4,6,8,14H2,1H3,(H,28,30)(H,29,31)/b27-13+. The highest BCUT2D eigenvalue weighted by molar-refractivity contribution is 7.17. The molecule has 35 heavy (non-hydrogen) atoms. The number of benzene rings is 2. The van der Waals surface area contributed by atoms with Crippen LogP contribution in [-0.4, -0.2) is 31.1 Å². The van der Waals surface area contributed by atoms with Crippen molar-refractivity contribution >= 4 is 51.9 Å². The number of halogens is 1. The van der Waals surface area contributed by atoms with E-state index >= 15 is 0 Å². The minimum Gasteiger partial charge on any atom is -0.489 e. The van der Waals surface area contributed by atoms with E-state index in [-0.39, 0.29) is 0 Å². The number of esters is 1. The van der Waals surface area contributed by atoms with Crippen LogP contribution in [0.2, 0.25) is 5.02 Å². The van der Waals surface area contributed by atoms with Crippen LogP contribution >= 0.6 is 22.9 Å². The summed E-state index contributed by atoms with van der Waals surface area (Å²) >= 11 is 7.42. The normalized spacial score (nSPS) is 12.3. The van der Waals surface area contributed by atoms with E-state index in [0.717, 1.165) is 35.3 Å². The molecule has 2 amide bonds. The van der Waals surface area contributed by atoms with Gasteiger partial charge in [0.15, 0.2) is 0 Å². The summed E-state index contributed by atoms with van der Waals surface area (Å²) in [6.45, 7) is 0.337. The molecular formula is C25H22ClN3O5S. The smallest absolute Gasteiger partial charge is 0.341 e. The van der Waals surface area contributed by atoms with Gasteiger partial charge in [-0.2, -0.15) is 5.10 Å². The lowest BCUT2D eigenvalue weighted by Gasteiger charge is -2.08. The van der Waals surface area contributed by atoms with Gasteiger partial charge in [-0.3, -0.25) is 9.59 Å². The van der Waals surface area contributed by atoms with Crippen LogP contribution in [0.5, 0.6) is 5.75 Å². The third-order valence-electron chi connectivity index (χ3n) is 5.36. The molecule has 1 aromatic heterocycles. The van der Waals surface area contributed by atoms with Crippen molar-refractivity contribution in [2.75, 3.05) is 12.4 Å². The van der Waals surface area contributed by atoms with Crippen molar-refractivity contribution in [3.8, 4) is 5.75 Å². The van der Waals surface area contributed by atoms with Gasteiger partial charge in [-0.25, -0.2) is 10.2 Å². The zero-order valence-electron chi connectivity index (χ0n) is 18.8. The summed E-state index contributed by atoms with van der Waals surface area (Å²) in [5.74, 6) is -1.76. The van der Waals surface area contributed by atoms with Crippen molar-refractivity contribution < 1.29 is 23.9 Å². The topological polar surface area (TPSA) is 106 Å². The van der Waals surface area contributed by atoms with Crippen molar-refractivity contribution in [1.29, 1.82) is 0 Å². The number of aryl methyl sites for hydroxylation is 1. The molecule has 0 saturated heterocycles. The van der Waals surface area contributed by atoms with Gasteiger partial charge in [0.2, 0.25) is 0 Å². The van der Waals surface area contributed by atoms with Gasteiger partial charge in [0.1, 0.15) is 17.4 Å². The number of amides is 2. The molecule has 0 atom stereocenters. The predicted molar refractivity (Wildman–Crippen MR) is 134 cm³/mol. The highest BCUT2D eigenvalue weighted by Crippen LogP contribution is 2.39. The molecule has 10 heteroatoms. The molecule has 0 aliphatic heterocycles. The number of nitrogens with one attached hydrogen (secondary N) is 2. The molecule has 0 saturated carbocycles. The number of fused-ring (bicyclic) bond motifs is 1. The predicted octanol–water partition coefficient (Wildman–Crippen LogP) is 4.34. The molecule has 0 fully saturated rings. The Morgan fingerprint density at radius 3 is 2.60 bits per heavy atom. The molecule has 1 aliphatic carbocycles. The van der Waals surface area contributed by atoms with Gasteiger partial charge in [0.05, 0.1) is 18.9 Å². The second-order valence-corrected chi connectivity index (χ2v) is 9.17. The number of hydrazone groups is 1. The average molecular weight is 512 g/mol. The van der Waals surface area contributed by atoms with Crippen molar-refractivity contribution in [1.82, 2.24) is 5.43 Å². The number of hydrogen-bond acceptors (Lipinski definition) is 7. The van der Waals surface area contributed by atoms with E-state index in [4.69, 9.17) is 21.1 Å². The van der Waals surface area contributed by atoms with Gasteiger partial charge >= 0.3 is 17.8 Å². The molecule has 0 spiro atoms. The van der Waals surface area contributed by atoms with Gasteiger partial charge in [-0.05, 0) is 60.7 Å². The number of carbonyl (C=O) groups excluding carboxylic acids is 3. The van der Waals surface area contributed by atoms with Crippen LogP contribution < -0.4 is 15.5 Å². The van der Waals surface area contributed by atoms with Crippen LogP contribution in [0.1, 0.15) is 38.3 Å². The Hall–Kier alpha value is -3.69. The Kier molecular flexibility index (Phi) is 7.79. The van der Waals surface area contributed by atoms with E-state index in [1.54, 1.807) is 30.3 Å². The first-order valence-corrected chi connectivity index (χ1v) is 12.0. The molecule has 0 radical (unpaired) electrons. The zero-order valence-corrected chi connectivity index (χ0v) is 20.4. The van der Waals surface area contributed by atoms with E-state index in [1.807, 2.05) is 18.2 Å². The Morgan fingerprint density at radius 2 is 1.86 bits per heavy atom. The van der Waals surface area contributed by atoms with Crippen LogP contribution in [0.3, 0.4) is 0 Å². The maximum atomic E-state index is 12.3. The summed E-state index contributed by atoms with van der Waals surface area (Å²) in [5, 5.41) is 7.30. The Morgan fingerprint density at radius 1 is 1.09 bits per heavy atom. The molecule has 1 heterocycles. The lowest BCUT2D eigenvalue weighted by Crippen LogP contribution is -2.32. The second kappa shape index (κ2) is 11.2. The van der Waals surface area contributed by atoms with Crippen molar-refractivity contribution in [3.05, 3.63) is 80.7 Å². The maximum Gasteiger partial charge on any atom is 0.341 e. The molecule has 3 aromatic rings. The van der Waals surface area contributed by atoms with Crippen LogP contribution in [0.4, 0.5) is 5.00 Å². The summed E-state index contributed by atoms with van der Waals surface area (Å²) in [4.78, 5) is 37.7. The van der Waals surface area contributed by atoms with Gasteiger partial charge in [0, 0.05) is 15.5 Å². The van der Waals surface area contributed by atoms with Gasteiger partial charge in [0.25, 0.3) is 0 Å². The largest absolute Gasteiger partial charge is 0.489 e. The highest BCUT2D eigenvalue weighted by Gasteiger charge is 2.29. The minimum absolute atomic E-state index is 0.318. The fourth-order valence-corrected chi connectivity index (χ4v) is 5.08. The monoisotopic (exact) mass is 511 g/mol. The van der Waals surface area contributed by atoms with Crippen molar-refractivity contribution in [2.45, 2.75) is 25.9 Å². The van der Waals surface area contributed by atoms with Gasteiger partial charge in [-0.1, -0.05) is 29.8 Å². The second-order valence-electron chi connectivity index (χ2n) is 7.66. The Balaban J connectivity index is 1.30. The van der Waals surface area contributed by atoms with Crippen LogP contribution in [0.25, 0.3) is 0 Å². The van der Waals surface area contributed by atoms with Crippen LogP contribution in [-0.2, 0) is 33.8 Å². The number of methoxy groups -OCH3 is 1. The molecule has 8 nitrogen and oxygen atoms in total. The van der Waals surface area contributed by atoms with Crippen LogP contribution in [0, 0.1) is 0 Å². The maximum absolute atomic E-state index is 12.3. The average Bonchev–Trinajstić information content (AvgIpc) is 3.44. The third-order valence-corrected chi connectivity index (χ3v) is 6.93. The third kappa shape index (κ3) is 5.87. The summed E-state index contributed by atoms with van der Waals surface area (Å²) in [6, 6.07) is 14.5.